The number of hydrogen-bond donors (Lipinski definition) is 2. The van der Waals surface area contributed by atoms with Crippen LogP contribution in [0.3, 0.4) is 0 Å². The normalized spacial score (nSPS) is 23.3. The van der Waals surface area contributed by atoms with Crippen molar-refractivity contribution < 1.29 is 19.4 Å². The Balaban J connectivity index is 1.60. The number of nitrogens with zero attached hydrogens (tertiary/aromatic N) is 2. The first-order valence-corrected chi connectivity index (χ1v) is 10.1. The molecule has 1 aromatic heterocycles. The summed E-state index contributed by atoms with van der Waals surface area (Å²) in [6.07, 6.45) is 4.85. The lowest BCUT2D eigenvalue weighted by molar-refractivity contribution is -0.0676. The Morgan fingerprint density at radius 1 is 1.33 bits per heavy atom. The summed E-state index contributed by atoms with van der Waals surface area (Å²) in [6, 6.07) is 4.14. The van der Waals surface area contributed by atoms with Gasteiger partial charge in [0.1, 0.15) is 5.69 Å². The number of aliphatic hydroxyl groups is 1. The number of nitrogens with one attached hydrogen (secondary N) is 1. The van der Waals surface area contributed by atoms with Crippen LogP contribution in [0, 0.1) is 0 Å². The standard InChI is InChI=1S/C20H33N3O4/c1-21-20(25)19-7-6-17(22(19)2)18-5-3-4-10-23(18)13-15(24)14-27-16-8-11-26-12-9-16/h6-7,15-16,18,24H,3-5,8-14H2,1-2H3,(H,21,25)/t15-,18+/m1/s1. The predicted octanol–water partition coefficient (Wildman–Crippen LogP) is 1.47. The molecule has 1 aromatic rings. The third-order valence-corrected chi connectivity index (χ3v) is 5.71. The molecule has 2 aliphatic heterocycles. The van der Waals surface area contributed by atoms with Gasteiger partial charge in [0, 0.05) is 39.5 Å². The first-order valence-electron chi connectivity index (χ1n) is 10.1. The van der Waals surface area contributed by atoms with Crippen LogP contribution >= 0.6 is 0 Å². The lowest BCUT2D eigenvalue weighted by Crippen LogP contribution is -2.41. The summed E-state index contributed by atoms with van der Waals surface area (Å²) in [5.74, 6) is -0.0731. The number of β-amino-alcohol motifs (C(OH)–C–C–N with tert-alkyl or cyclic N) is 1. The minimum Gasteiger partial charge on any atom is -0.389 e. The van der Waals surface area contributed by atoms with Crippen molar-refractivity contribution in [3.05, 3.63) is 23.5 Å². The Bertz CT molecular complexity index is 612. The molecule has 0 unspecified atom stereocenters. The molecule has 7 nitrogen and oxygen atoms in total. The van der Waals surface area contributed by atoms with Gasteiger partial charge in [-0.15, -0.1) is 0 Å². The first-order chi connectivity index (χ1) is 13.1. The fraction of sp³-hybridized carbons (Fsp3) is 0.750. The predicted molar refractivity (Wildman–Crippen MR) is 103 cm³/mol. The van der Waals surface area contributed by atoms with Crippen molar-refractivity contribution >= 4 is 5.91 Å². The Morgan fingerprint density at radius 3 is 2.85 bits per heavy atom. The van der Waals surface area contributed by atoms with E-state index in [0.717, 1.165) is 57.6 Å². The summed E-state index contributed by atoms with van der Waals surface area (Å²) in [7, 11) is 3.59. The largest absolute Gasteiger partial charge is 0.389 e. The highest BCUT2D eigenvalue weighted by molar-refractivity contribution is 5.92. The zero-order valence-electron chi connectivity index (χ0n) is 16.5. The zero-order valence-corrected chi connectivity index (χ0v) is 16.5. The highest BCUT2D eigenvalue weighted by Crippen LogP contribution is 2.32. The van der Waals surface area contributed by atoms with Gasteiger partial charge in [-0.3, -0.25) is 9.69 Å². The molecule has 0 saturated carbocycles. The topological polar surface area (TPSA) is 76.0 Å². The van der Waals surface area contributed by atoms with Crippen LogP contribution in [0.15, 0.2) is 12.1 Å². The molecule has 2 N–H and O–H groups in total. The number of ether oxygens (including phenoxy) is 2. The number of likely N-dealkylation sites (tertiary alicyclic amines) is 1. The van der Waals surface area contributed by atoms with Gasteiger partial charge in [-0.25, -0.2) is 0 Å². The summed E-state index contributed by atoms with van der Waals surface area (Å²) < 4.78 is 13.2. The molecule has 0 bridgehead atoms. The van der Waals surface area contributed by atoms with Crippen molar-refractivity contribution in [1.29, 1.82) is 0 Å². The Kier molecular flexibility index (Phi) is 7.29. The van der Waals surface area contributed by atoms with Crippen LogP contribution in [0.5, 0.6) is 0 Å². The second-order valence-electron chi connectivity index (χ2n) is 7.59. The number of hydrogen-bond acceptors (Lipinski definition) is 5. The van der Waals surface area contributed by atoms with E-state index in [2.05, 4.69) is 10.2 Å². The van der Waals surface area contributed by atoms with Crippen molar-refractivity contribution in [3.63, 3.8) is 0 Å². The molecule has 2 aliphatic rings. The van der Waals surface area contributed by atoms with Crippen LogP contribution in [0.1, 0.15) is 54.3 Å². The summed E-state index contributed by atoms with van der Waals surface area (Å²) in [6.45, 7) is 3.41. The van der Waals surface area contributed by atoms with E-state index < -0.39 is 6.10 Å². The van der Waals surface area contributed by atoms with Gasteiger partial charge in [0.25, 0.3) is 5.91 Å². The number of rotatable bonds is 7. The molecule has 152 valence electrons. The molecule has 2 atom stereocenters. The number of aromatic nitrogens is 1. The molecule has 2 saturated heterocycles. The summed E-state index contributed by atoms with van der Waals surface area (Å²) in [5, 5.41) is 13.2. The molecule has 0 aromatic carbocycles. The fourth-order valence-electron chi connectivity index (χ4n) is 4.18. The van der Waals surface area contributed by atoms with Gasteiger partial charge in [-0.05, 0) is 44.4 Å². The van der Waals surface area contributed by atoms with E-state index >= 15 is 0 Å². The van der Waals surface area contributed by atoms with Crippen LogP contribution in [0.2, 0.25) is 0 Å². The molecule has 2 fully saturated rings. The van der Waals surface area contributed by atoms with E-state index in [1.165, 1.54) is 0 Å². The van der Waals surface area contributed by atoms with E-state index in [1.807, 2.05) is 23.7 Å². The molecule has 0 spiro atoms. The van der Waals surface area contributed by atoms with Crippen LogP contribution in [-0.4, -0.2) is 72.6 Å². The monoisotopic (exact) mass is 379 g/mol. The van der Waals surface area contributed by atoms with Crippen molar-refractivity contribution in [1.82, 2.24) is 14.8 Å². The summed E-state index contributed by atoms with van der Waals surface area (Å²) in [5.41, 5.74) is 1.80. The van der Waals surface area contributed by atoms with Crippen molar-refractivity contribution in [2.24, 2.45) is 7.05 Å². The first kappa shape index (κ1) is 20.3. The number of piperidine rings is 1. The second-order valence-corrected chi connectivity index (χ2v) is 7.59. The van der Waals surface area contributed by atoms with Crippen LogP contribution in [-0.2, 0) is 16.5 Å². The molecule has 0 aliphatic carbocycles. The van der Waals surface area contributed by atoms with Crippen molar-refractivity contribution in [2.45, 2.75) is 50.4 Å². The molecule has 3 heterocycles. The third kappa shape index (κ3) is 5.10. The molecule has 27 heavy (non-hydrogen) atoms. The molecular formula is C20H33N3O4. The smallest absolute Gasteiger partial charge is 0.267 e. The Labute approximate surface area is 161 Å². The van der Waals surface area contributed by atoms with Gasteiger partial charge in [0.15, 0.2) is 0 Å². The lowest BCUT2D eigenvalue weighted by atomic mass is 9.99. The molecule has 7 heteroatoms. The van der Waals surface area contributed by atoms with Crippen LogP contribution in [0.4, 0.5) is 0 Å². The number of carbonyl (C=O) groups excluding carboxylic acids is 1. The van der Waals surface area contributed by atoms with E-state index in [9.17, 15) is 9.90 Å². The van der Waals surface area contributed by atoms with Crippen molar-refractivity contribution in [2.75, 3.05) is 40.0 Å². The molecule has 0 radical (unpaired) electrons. The second kappa shape index (κ2) is 9.68. The number of amides is 1. The number of carbonyl (C=O) groups is 1. The SMILES string of the molecule is CNC(=O)c1ccc([C@@H]2CCCCN2C[C@@H](O)COC2CCOCC2)n1C. The summed E-state index contributed by atoms with van der Waals surface area (Å²) >= 11 is 0. The molecule has 3 rings (SSSR count). The van der Waals surface area contributed by atoms with E-state index in [4.69, 9.17) is 9.47 Å². The average molecular weight is 380 g/mol. The maximum atomic E-state index is 12.0. The van der Waals surface area contributed by atoms with Gasteiger partial charge in [0.05, 0.1) is 24.9 Å². The maximum Gasteiger partial charge on any atom is 0.267 e. The minimum atomic E-state index is -0.507. The highest BCUT2D eigenvalue weighted by Gasteiger charge is 2.29. The van der Waals surface area contributed by atoms with Gasteiger partial charge in [-0.2, -0.15) is 0 Å². The highest BCUT2D eigenvalue weighted by atomic mass is 16.5. The van der Waals surface area contributed by atoms with E-state index in [-0.39, 0.29) is 18.1 Å². The van der Waals surface area contributed by atoms with Crippen LogP contribution < -0.4 is 5.32 Å². The molecule has 1 amide bonds. The molecular weight excluding hydrogens is 346 g/mol. The maximum absolute atomic E-state index is 12.0. The van der Waals surface area contributed by atoms with Gasteiger partial charge in [0.2, 0.25) is 0 Å². The number of aliphatic hydroxyl groups excluding tert-OH is 1. The Morgan fingerprint density at radius 2 is 2.11 bits per heavy atom. The van der Waals surface area contributed by atoms with Crippen LogP contribution in [0.25, 0.3) is 0 Å². The fourth-order valence-corrected chi connectivity index (χ4v) is 4.18. The summed E-state index contributed by atoms with van der Waals surface area (Å²) in [4.78, 5) is 14.4. The van der Waals surface area contributed by atoms with Gasteiger partial charge < -0.3 is 24.5 Å². The lowest BCUT2D eigenvalue weighted by Gasteiger charge is -2.37. The zero-order chi connectivity index (χ0) is 19.2. The van der Waals surface area contributed by atoms with Gasteiger partial charge >= 0.3 is 0 Å². The van der Waals surface area contributed by atoms with Crippen molar-refractivity contribution in [3.8, 4) is 0 Å². The Hall–Kier alpha value is -1.41. The quantitative estimate of drug-likeness (QED) is 0.750. The van der Waals surface area contributed by atoms with E-state index in [0.29, 0.717) is 18.8 Å². The van der Waals surface area contributed by atoms with E-state index in [1.54, 1.807) is 7.05 Å². The third-order valence-electron chi connectivity index (χ3n) is 5.71. The van der Waals surface area contributed by atoms with Gasteiger partial charge in [-0.1, -0.05) is 6.42 Å². The minimum absolute atomic E-state index is 0.0731. The average Bonchev–Trinajstić information content (AvgIpc) is 3.08.